The number of anilines is 1. The summed E-state index contributed by atoms with van der Waals surface area (Å²) >= 11 is 7.72. The fraction of sp³-hybridized carbons (Fsp3) is 0.474. The van der Waals surface area contributed by atoms with E-state index in [-0.39, 0.29) is 11.4 Å². The number of fused-ring (bicyclic) bond motifs is 1. The fourth-order valence-corrected chi connectivity index (χ4v) is 3.89. The molecule has 0 aliphatic carbocycles. The molecule has 140 valence electrons. The highest BCUT2D eigenvalue weighted by atomic mass is 35.5. The second-order valence-corrected chi connectivity index (χ2v) is 9.29. The van der Waals surface area contributed by atoms with Crippen LogP contribution in [0.5, 0.6) is 5.75 Å². The van der Waals surface area contributed by atoms with Crippen LogP contribution in [-0.2, 0) is 21.8 Å². The Labute approximate surface area is 163 Å². The van der Waals surface area contributed by atoms with Gasteiger partial charge >= 0.3 is 0 Å². The zero-order chi connectivity index (χ0) is 19.1. The van der Waals surface area contributed by atoms with Crippen LogP contribution in [0, 0.1) is 0 Å². The molecular formula is C19H24ClN3O2S. The van der Waals surface area contributed by atoms with Crippen molar-refractivity contribution in [2.45, 2.75) is 57.3 Å². The highest BCUT2D eigenvalue weighted by Gasteiger charge is 2.34. The zero-order valence-electron chi connectivity index (χ0n) is 15.7. The van der Waals surface area contributed by atoms with Crippen LogP contribution in [0.2, 0.25) is 5.02 Å². The number of halogens is 1. The van der Waals surface area contributed by atoms with Crippen LogP contribution in [0.25, 0.3) is 0 Å². The quantitative estimate of drug-likeness (QED) is 0.807. The molecule has 1 aromatic carbocycles. The third kappa shape index (κ3) is 3.86. The number of benzene rings is 1. The smallest absolute Gasteiger partial charge is 0.269 e. The van der Waals surface area contributed by atoms with Gasteiger partial charge in [-0.15, -0.1) is 0 Å². The molecule has 5 nitrogen and oxygen atoms in total. The number of hydrogen-bond acceptors (Lipinski definition) is 4. The molecule has 7 heteroatoms. The summed E-state index contributed by atoms with van der Waals surface area (Å²) in [5.41, 5.74) is 0.898. The van der Waals surface area contributed by atoms with Crippen molar-refractivity contribution in [3.63, 3.8) is 0 Å². The summed E-state index contributed by atoms with van der Waals surface area (Å²) in [4.78, 5) is 13.0. The van der Waals surface area contributed by atoms with Gasteiger partial charge in [-0.3, -0.25) is 4.79 Å². The second-order valence-electron chi connectivity index (χ2n) is 7.87. The van der Waals surface area contributed by atoms with Gasteiger partial charge in [0.05, 0.1) is 11.2 Å². The molecule has 1 aliphatic heterocycles. The van der Waals surface area contributed by atoms with Gasteiger partial charge in [0.1, 0.15) is 11.6 Å². The Kier molecular flexibility index (Phi) is 5.01. The van der Waals surface area contributed by atoms with Crippen molar-refractivity contribution in [2.24, 2.45) is 0 Å². The van der Waals surface area contributed by atoms with Gasteiger partial charge in [0.25, 0.3) is 5.91 Å². The lowest BCUT2D eigenvalue weighted by molar-refractivity contribution is -0.128. The van der Waals surface area contributed by atoms with E-state index in [1.54, 1.807) is 38.1 Å². The van der Waals surface area contributed by atoms with E-state index >= 15 is 0 Å². The summed E-state index contributed by atoms with van der Waals surface area (Å²) in [6.45, 7) is 9.74. The Morgan fingerprint density at radius 1 is 1.19 bits per heavy atom. The maximum absolute atomic E-state index is 13.0. The van der Waals surface area contributed by atoms with Gasteiger partial charge in [0.2, 0.25) is 0 Å². The number of aromatic nitrogens is 2. The lowest BCUT2D eigenvalue weighted by atomic mass is 10.1. The van der Waals surface area contributed by atoms with E-state index in [2.05, 4.69) is 26.1 Å². The highest BCUT2D eigenvalue weighted by molar-refractivity contribution is 7.98. The zero-order valence-corrected chi connectivity index (χ0v) is 17.3. The molecule has 0 fully saturated rings. The van der Waals surface area contributed by atoms with E-state index in [4.69, 9.17) is 21.4 Å². The minimum absolute atomic E-state index is 0.211. The Morgan fingerprint density at radius 3 is 2.46 bits per heavy atom. The van der Waals surface area contributed by atoms with E-state index in [0.29, 0.717) is 10.8 Å². The summed E-state index contributed by atoms with van der Waals surface area (Å²) in [7, 11) is 0. The van der Waals surface area contributed by atoms with Crippen molar-refractivity contribution in [1.29, 1.82) is 0 Å². The van der Waals surface area contributed by atoms with Crippen LogP contribution in [0.3, 0.4) is 0 Å². The fourth-order valence-electron chi connectivity index (χ4n) is 2.73. The molecule has 1 amide bonds. The minimum Gasteiger partial charge on any atom is -0.478 e. The monoisotopic (exact) mass is 393 g/mol. The predicted octanol–water partition coefficient (Wildman–Crippen LogP) is 4.83. The summed E-state index contributed by atoms with van der Waals surface area (Å²) in [5, 5.41) is 8.41. The Hall–Kier alpha value is -1.66. The van der Waals surface area contributed by atoms with Crippen molar-refractivity contribution < 1.29 is 9.53 Å². The molecule has 3 rings (SSSR count). The van der Waals surface area contributed by atoms with Gasteiger partial charge in [-0.25, -0.2) is 4.68 Å². The van der Waals surface area contributed by atoms with E-state index in [1.807, 2.05) is 16.4 Å². The molecular weight excluding hydrogens is 370 g/mol. The molecule has 0 spiro atoms. The molecule has 1 aromatic heterocycles. The average molecular weight is 394 g/mol. The number of carbonyl (C=O) groups excluding carboxylic acids is 1. The topological polar surface area (TPSA) is 56.1 Å². The number of ether oxygens (including phenoxy) is 1. The third-order valence-electron chi connectivity index (χ3n) is 4.15. The number of nitrogens with one attached hydrogen (secondary N) is 1. The maximum Gasteiger partial charge on any atom is 0.269 e. The molecule has 0 atom stereocenters. The lowest BCUT2D eigenvalue weighted by Crippen LogP contribution is -2.43. The molecule has 1 N–H and O–H groups in total. The molecule has 0 unspecified atom stereocenters. The minimum atomic E-state index is -1.04. The number of nitrogens with zero attached hydrogens (tertiary/aromatic N) is 2. The standard InChI is InChI=1S/C19H24ClN3O2S/c1-18(2,3)23-16(14-10-26-11-15(14)22-23)21-17(24)19(4,5)25-13-8-6-12(20)7-9-13/h6-9H,10-11H2,1-5H3,(H,21,24). The van der Waals surface area contributed by atoms with Crippen LogP contribution >= 0.6 is 23.4 Å². The number of rotatable bonds is 4. The maximum atomic E-state index is 13.0. The van der Waals surface area contributed by atoms with Crippen molar-refractivity contribution in [3.05, 3.63) is 40.5 Å². The van der Waals surface area contributed by atoms with E-state index in [0.717, 1.165) is 28.6 Å². The van der Waals surface area contributed by atoms with Gasteiger partial charge in [-0.05, 0) is 58.9 Å². The van der Waals surface area contributed by atoms with E-state index < -0.39 is 5.60 Å². The van der Waals surface area contributed by atoms with Gasteiger partial charge in [0, 0.05) is 22.1 Å². The number of hydrogen-bond donors (Lipinski definition) is 1. The van der Waals surface area contributed by atoms with Gasteiger partial charge in [0.15, 0.2) is 5.60 Å². The van der Waals surface area contributed by atoms with Crippen LogP contribution in [0.15, 0.2) is 24.3 Å². The molecule has 0 radical (unpaired) electrons. The first kappa shape index (κ1) is 19.1. The second kappa shape index (κ2) is 6.82. The molecule has 2 aromatic rings. The van der Waals surface area contributed by atoms with Gasteiger partial charge < -0.3 is 10.1 Å². The largest absolute Gasteiger partial charge is 0.478 e. The Morgan fingerprint density at radius 2 is 1.85 bits per heavy atom. The Bertz CT molecular complexity index is 823. The van der Waals surface area contributed by atoms with Crippen molar-refractivity contribution in [2.75, 3.05) is 5.32 Å². The van der Waals surface area contributed by atoms with E-state index in [1.165, 1.54) is 0 Å². The Balaban J connectivity index is 1.84. The van der Waals surface area contributed by atoms with Gasteiger partial charge in [-0.2, -0.15) is 16.9 Å². The highest BCUT2D eigenvalue weighted by Crippen LogP contribution is 2.37. The summed E-state index contributed by atoms with van der Waals surface area (Å²) in [5.74, 6) is 2.90. The van der Waals surface area contributed by atoms with Crippen molar-refractivity contribution >= 4 is 35.1 Å². The van der Waals surface area contributed by atoms with E-state index in [9.17, 15) is 4.79 Å². The lowest BCUT2D eigenvalue weighted by Gasteiger charge is -2.28. The molecule has 26 heavy (non-hydrogen) atoms. The molecule has 1 aliphatic rings. The van der Waals surface area contributed by atoms with Crippen molar-refractivity contribution in [1.82, 2.24) is 9.78 Å². The third-order valence-corrected chi connectivity index (χ3v) is 5.38. The first-order valence-electron chi connectivity index (χ1n) is 8.53. The molecule has 2 heterocycles. The van der Waals surface area contributed by atoms with Crippen LogP contribution in [0.1, 0.15) is 45.9 Å². The SMILES string of the molecule is CC(C)(Oc1ccc(Cl)cc1)C(=O)Nc1c2c(nn1C(C)(C)C)CSC2. The van der Waals surface area contributed by atoms with Gasteiger partial charge in [-0.1, -0.05) is 11.6 Å². The molecule has 0 saturated carbocycles. The van der Waals surface area contributed by atoms with Crippen LogP contribution < -0.4 is 10.1 Å². The first-order chi connectivity index (χ1) is 12.1. The summed E-state index contributed by atoms with van der Waals surface area (Å²) in [6.07, 6.45) is 0. The predicted molar refractivity (Wildman–Crippen MR) is 107 cm³/mol. The van der Waals surface area contributed by atoms with Crippen LogP contribution in [0.4, 0.5) is 5.82 Å². The molecule has 0 bridgehead atoms. The molecule has 0 saturated heterocycles. The summed E-state index contributed by atoms with van der Waals surface area (Å²) in [6, 6.07) is 6.99. The number of thioether (sulfide) groups is 1. The first-order valence-corrected chi connectivity index (χ1v) is 10.1. The van der Waals surface area contributed by atoms with Crippen molar-refractivity contribution in [3.8, 4) is 5.75 Å². The van der Waals surface area contributed by atoms with Crippen LogP contribution in [-0.4, -0.2) is 21.3 Å². The average Bonchev–Trinajstić information content (AvgIpc) is 3.11. The number of carbonyl (C=O) groups is 1. The normalized spacial score (nSPS) is 14.2. The summed E-state index contributed by atoms with van der Waals surface area (Å²) < 4.78 is 7.82. The number of amides is 1.